The van der Waals surface area contributed by atoms with Crippen molar-refractivity contribution in [2.45, 2.75) is 32.2 Å². The summed E-state index contributed by atoms with van der Waals surface area (Å²) in [6, 6.07) is 22.6. The molecule has 1 atom stereocenters. The van der Waals surface area contributed by atoms with Crippen LogP contribution in [0.25, 0.3) is 11.8 Å². The maximum Gasteiger partial charge on any atom is 0.338 e. The summed E-state index contributed by atoms with van der Waals surface area (Å²) in [4.78, 5) is 35.7. The number of esters is 1. The minimum Gasteiger partial charge on any atom is -0.463 e. The van der Waals surface area contributed by atoms with Gasteiger partial charge in [-0.25, -0.2) is 9.79 Å². The molecule has 0 radical (unpaired) electrons. The average molecular weight is 594 g/mol. The first-order valence-electron chi connectivity index (χ1n) is 14.6. The molecular formula is C34H31N3O5S. The van der Waals surface area contributed by atoms with Gasteiger partial charge in [0.25, 0.3) is 5.56 Å². The highest BCUT2D eigenvalue weighted by molar-refractivity contribution is 7.07. The lowest BCUT2D eigenvalue weighted by Gasteiger charge is -2.28. The molecule has 0 bridgehead atoms. The number of fused-ring (bicyclic) bond motifs is 2. The number of aromatic nitrogens is 1. The highest BCUT2D eigenvalue weighted by Crippen LogP contribution is 2.40. The first-order valence-corrected chi connectivity index (χ1v) is 15.5. The number of rotatable bonds is 6. The largest absolute Gasteiger partial charge is 0.463 e. The molecule has 0 N–H and O–H groups in total. The van der Waals surface area contributed by atoms with E-state index in [1.54, 1.807) is 11.5 Å². The minimum atomic E-state index is -0.774. The Kier molecular flexibility index (Phi) is 7.32. The van der Waals surface area contributed by atoms with Crippen LogP contribution in [0.4, 0.5) is 5.69 Å². The zero-order valence-electron chi connectivity index (χ0n) is 23.8. The predicted octanol–water partition coefficient (Wildman–Crippen LogP) is 4.65. The van der Waals surface area contributed by atoms with Gasteiger partial charge in [0.15, 0.2) is 16.3 Å². The molecule has 0 saturated carbocycles. The number of anilines is 1. The fourth-order valence-corrected chi connectivity index (χ4v) is 6.92. The number of carbonyl (C=O) groups excluding carboxylic acids is 1. The Bertz CT molecular complexity index is 1890. The number of carbonyl (C=O) groups is 1. The lowest BCUT2D eigenvalue weighted by Crippen LogP contribution is -2.40. The summed E-state index contributed by atoms with van der Waals surface area (Å²) in [6.07, 6.45) is 5.61. The summed E-state index contributed by atoms with van der Waals surface area (Å²) in [6.45, 7) is 4.22. The van der Waals surface area contributed by atoms with Crippen molar-refractivity contribution in [3.05, 3.63) is 115 Å². The molecule has 0 unspecified atom stereocenters. The summed E-state index contributed by atoms with van der Waals surface area (Å²) in [5.74, 6) is 0.666. The molecule has 1 saturated heterocycles. The van der Waals surface area contributed by atoms with Gasteiger partial charge in [0.05, 0.1) is 28.5 Å². The molecule has 7 rings (SSSR count). The second-order valence-electron chi connectivity index (χ2n) is 10.7. The number of ether oxygens (including phenoxy) is 3. The van der Waals surface area contributed by atoms with Crippen LogP contribution in [0.1, 0.15) is 48.9 Å². The van der Waals surface area contributed by atoms with E-state index in [1.165, 1.54) is 36.3 Å². The summed E-state index contributed by atoms with van der Waals surface area (Å²) >= 11 is 1.31. The molecule has 0 spiro atoms. The Labute approximate surface area is 252 Å². The molecule has 1 fully saturated rings. The van der Waals surface area contributed by atoms with Crippen LogP contribution in [-0.4, -0.2) is 37.0 Å². The maximum absolute atomic E-state index is 14.2. The number of hydrogen-bond donors (Lipinski definition) is 0. The van der Waals surface area contributed by atoms with Gasteiger partial charge in [-0.15, -0.1) is 0 Å². The SMILES string of the molecule is CCOC(=O)C1=C(c2ccccc2)N=c2s/c(=C/c3ccc(N4CCCCC4)cc3)c(=O)n2[C@@H]1c1ccc2c(c1)OCO2. The first kappa shape index (κ1) is 27.2. The van der Waals surface area contributed by atoms with Crippen molar-refractivity contribution in [2.75, 3.05) is 31.4 Å². The van der Waals surface area contributed by atoms with Crippen LogP contribution in [0, 0.1) is 0 Å². The second kappa shape index (κ2) is 11.6. The topological polar surface area (TPSA) is 82.4 Å². The van der Waals surface area contributed by atoms with Crippen molar-refractivity contribution in [3.63, 3.8) is 0 Å². The Hall–Kier alpha value is -4.63. The monoisotopic (exact) mass is 593 g/mol. The highest BCUT2D eigenvalue weighted by Gasteiger charge is 2.36. The first-order chi connectivity index (χ1) is 21.1. The van der Waals surface area contributed by atoms with Gasteiger partial charge in [-0.3, -0.25) is 9.36 Å². The van der Waals surface area contributed by atoms with Crippen LogP contribution in [0.3, 0.4) is 0 Å². The molecule has 0 amide bonds. The van der Waals surface area contributed by atoms with Gasteiger partial charge in [-0.05, 0) is 67.7 Å². The van der Waals surface area contributed by atoms with Gasteiger partial charge in [0, 0.05) is 24.3 Å². The molecule has 3 aromatic carbocycles. The predicted molar refractivity (Wildman–Crippen MR) is 166 cm³/mol. The lowest BCUT2D eigenvalue weighted by atomic mass is 9.93. The Morgan fingerprint density at radius 1 is 1.00 bits per heavy atom. The number of thiazole rings is 1. The van der Waals surface area contributed by atoms with E-state index < -0.39 is 12.0 Å². The molecule has 4 aromatic rings. The van der Waals surface area contributed by atoms with E-state index >= 15 is 0 Å². The van der Waals surface area contributed by atoms with Crippen molar-refractivity contribution in [3.8, 4) is 11.5 Å². The van der Waals surface area contributed by atoms with Gasteiger partial charge >= 0.3 is 5.97 Å². The maximum atomic E-state index is 14.2. The number of hydrogen-bond acceptors (Lipinski definition) is 8. The molecule has 218 valence electrons. The van der Waals surface area contributed by atoms with Crippen LogP contribution in [0.15, 0.2) is 88.2 Å². The van der Waals surface area contributed by atoms with E-state index in [1.807, 2.05) is 54.6 Å². The van der Waals surface area contributed by atoms with Gasteiger partial charge in [-0.2, -0.15) is 0 Å². The molecule has 4 heterocycles. The Balaban J connectivity index is 1.39. The van der Waals surface area contributed by atoms with Gasteiger partial charge in [-0.1, -0.05) is 59.9 Å². The number of piperidine rings is 1. The fraction of sp³-hybridized carbons (Fsp3) is 0.265. The third kappa shape index (κ3) is 5.14. The Morgan fingerprint density at radius 2 is 1.77 bits per heavy atom. The zero-order valence-corrected chi connectivity index (χ0v) is 24.6. The van der Waals surface area contributed by atoms with Crippen molar-refractivity contribution in [2.24, 2.45) is 4.99 Å². The molecule has 8 nitrogen and oxygen atoms in total. The second-order valence-corrected chi connectivity index (χ2v) is 11.7. The number of benzene rings is 3. The van der Waals surface area contributed by atoms with E-state index in [0.29, 0.717) is 37.7 Å². The van der Waals surface area contributed by atoms with Gasteiger partial charge in [0.1, 0.15) is 0 Å². The average Bonchev–Trinajstić information content (AvgIpc) is 3.65. The van der Waals surface area contributed by atoms with E-state index in [9.17, 15) is 9.59 Å². The third-order valence-electron chi connectivity index (χ3n) is 8.00. The van der Waals surface area contributed by atoms with Crippen LogP contribution in [0.5, 0.6) is 11.5 Å². The molecule has 3 aliphatic rings. The molecule has 1 aromatic heterocycles. The van der Waals surface area contributed by atoms with Gasteiger partial charge in [0.2, 0.25) is 6.79 Å². The Morgan fingerprint density at radius 3 is 2.53 bits per heavy atom. The van der Waals surface area contributed by atoms with Crippen molar-refractivity contribution < 1.29 is 19.0 Å². The van der Waals surface area contributed by atoms with Crippen molar-refractivity contribution >= 4 is 34.8 Å². The van der Waals surface area contributed by atoms with Crippen LogP contribution in [0.2, 0.25) is 0 Å². The van der Waals surface area contributed by atoms with Gasteiger partial charge < -0.3 is 19.1 Å². The van der Waals surface area contributed by atoms with Crippen molar-refractivity contribution in [1.29, 1.82) is 0 Å². The summed E-state index contributed by atoms with van der Waals surface area (Å²) < 4.78 is 18.9. The van der Waals surface area contributed by atoms with E-state index in [0.717, 1.165) is 24.2 Å². The van der Waals surface area contributed by atoms with E-state index in [2.05, 4.69) is 29.2 Å². The normalized spacial score (nSPS) is 17.9. The summed E-state index contributed by atoms with van der Waals surface area (Å²) in [7, 11) is 0. The van der Waals surface area contributed by atoms with Crippen LogP contribution in [-0.2, 0) is 9.53 Å². The fourth-order valence-electron chi connectivity index (χ4n) is 5.92. The summed E-state index contributed by atoms with van der Waals surface area (Å²) in [5.41, 5.74) is 4.17. The molecule has 9 heteroatoms. The molecule has 43 heavy (non-hydrogen) atoms. The third-order valence-corrected chi connectivity index (χ3v) is 8.98. The molecule has 3 aliphatic heterocycles. The van der Waals surface area contributed by atoms with Crippen LogP contribution < -0.4 is 29.3 Å². The standard InChI is InChI=1S/C34H31N3O5S/c1-2-40-33(39)29-30(23-9-5-3-6-10-23)35-34-37(31(29)24-13-16-26-27(20-24)42-21-41-26)32(38)28(43-34)19-22-11-14-25(15-12-22)36-17-7-4-8-18-36/h3,5-6,9-16,19-20,31H,2,4,7-8,17-18,21H2,1H3/b28-19+/t31-/m1/s1. The minimum absolute atomic E-state index is 0.119. The quantitative estimate of drug-likeness (QED) is 0.303. The van der Waals surface area contributed by atoms with Crippen LogP contribution >= 0.6 is 11.3 Å². The summed E-state index contributed by atoms with van der Waals surface area (Å²) in [5, 5.41) is 0. The molecular weight excluding hydrogens is 562 g/mol. The lowest BCUT2D eigenvalue weighted by molar-refractivity contribution is -0.138. The van der Waals surface area contributed by atoms with E-state index in [4.69, 9.17) is 19.2 Å². The molecule has 0 aliphatic carbocycles. The van der Waals surface area contributed by atoms with E-state index in [-0.39, 0.29) is 19.0 Å². The zero-order chi connectivity index (χ0) is 29.3. The number of nitrogens with zero attached hydrogens (tertiary/aromatic N) is 3. The van der Waals surface area contributed by atoms with Crippen molar-refractivity contribution in [1.82, 2.24) is 4.57 Å². The highest BCUT2D eigenvalue weighted by atomic mass is 32.1. The smallest absolute Gasteiger partial charge is 0.338 e.